The number of aryl methyl sites for hydroxylation is 3. The van der Waals surface area contributed by atoms with E-state index < -0.39 is 0 Å². The number of ether oxygens (including phenoxy) is 1. The maximum absolute atomic E-state index is 6.30. The molecule has 0 spiro atoms. The van der Waals surface area contributed by atoms with Gasteiger partial charge in [0.15, 0.2) is 0 Å². The quantitative estimate of drug-likeness (QED) is 0.864. The second-order valence-electron chi connectivity index (χ2n) is 4.87. The molecule has 0 amide bonds. The Hall–Kier alpha value is -1.04. The third kappa shape index (κ3) is 3.42. The Morgan fingerprint density at radius 3 is 2.71 bits per heavy atom. The first-order valence-corrected chi connectivity index (χ1v) is 7.98. The number of hydrogen-bond acceptors (Lipinski definition) is 3. The number of aromatic nitrogens is 2. The first-order valence-electron chi connectivity index (χ1n) is 6.81. The van der Waals surface area contributed by atoms with Gasteiger partial charge in [0.1, 0.15) is 12.4 Å². The van der Waals surface area contributed by atoms with Crippen LogP contribution >= 0.6 is 27.5 Å². The average molecular weight is 373 g/mol. The molecule has 0 aliphatic rings. The molecule has 2 rings (SSSR count). The second kappa shape index (κ2) is 6.81. The maximum Gasteiger partial charge on any atom is 0.131 e. The Morgan fingerprint density at radius 1 is 1.38 bits per heavy atom. The third-order valence-corrected chi connectivity index (χ3v) is 4.29. The number of nitrogens with two attached hydrogens (primary N) is 1. The fraction of sp³-hybridized carbons (Fsp3) is 0.400. The van der Waals surface area contributed by atoms with Crippen molar-refractivity contribution in [1.29, 1.82) is 0 Å². The molecule has 4 nitrogen and oxygen atoms in total. The van der Waals surface area contributed by atoms with Gasteiger partial charge in [-0.05, 0) is 38.5 Å². The largest absolute Gasteiger partial charge is 0.487 e. The molecule has 0 aliphatic heterocycles. The summed E-state index contributed by atoms with van der Waals surface area (Å²) in [7, 11) is 0. The van der Waals surface area contributed by atoms with Gasteiger partial charge in [-0.25, -0.2) is 0 Å². The van der Waals surface area contributed by atoms with Crippen LogP contribution in [0.4, 0.5) is 0 Å². The summed E-state index contributed by atoms with van der Waals surface area (Å²) < 4.78 is 8.86. The van der Waals surface area contributed by atoms with Crippen LogP contribution in [0.5, 0.6) is 5.75 Å². The fourth-order valence-corrected chi connectivity index (χ4v) is 3.11. The minimum atomic E-state index is 0.378. The Kier molecular flexibility index (Phi) is 5.30. The lowest BCUT2D eigenvalue weighted by molar-refractivity contribution is 0.287. The van der Waals surface area contributed by atoms with Crippen molar-refractivity contribution in [2.24, 2.45) is 5.73 Å². The lowest BCUT2D eigenvalue weighted by atomic mass is 10.1. The van der Waals surface area contributed by atoms with Crippen molar-refractivity contribution >= 4 is 27.5 Å². The average Bonchev–Trinajstić information content (AvgIpc) is 2.72. The minimum absolute atomic E-state index is 0.378. The Bertz CT molecular complexity index is 655. The zero-order valence-corrected chi connectivity index (χ0v) is 14.8. The number of benzene rings is 1. The highest BCUT2D eigenvalue weighted by Crippen LogP contribution is 2.29. The van der Waals surface area contributed by atoms with Gasteiger partial charge in [-0.15, -0.1) is 0 Å². The van der Waals surface area contributed by atoms with Crippen molar-refractivity contribution in [3.05, 3.63) is 44.1 Å². The summed E-state index contributed by atoms with van der Waals surface area (Å²) in [5.41, 5.74) is 9.53. The van der Waals surface area contributed by atoms with E-state index in [2.05, 4.69) is 21.0 Å². The monoisotopic (exact) mass is 371 g/mol. The molecule has 1 heterocycles. The standard InChI is InChI=1S/C15H19BrClN3O/c1-4-20-13(14(17)10(3)19-20)8-21-15-9(2)5-12(16)6-11(15)7-18/h5-6H,4,7-8,18H2,1-3H3. The van der Waals surface area contributed by atoms with Gasteiger partial charge >= 0.3 is 0 Å². The van der Waals surface area contributed by atoms with E-state index in [0.29, 0.717) is 18.2 Å². The molecule has 0 saturated heterocycles. The van der Waals surface area contributed by atoms with Gasteiger partial charge in [-0.2, -0.15) is 5.10 Å². The number of hydrogen-bond donors (Lipinski definition) is 1. The van der Waals surface area contributed by atoms with E-state index in [1.54, 1.807) is 0 Å². The summed E-state index contributed by atoms with van der Waals surface area (Å²) in [4.78, 5) is 0. The second-order valence-corrected chi connectivity index (χ2v) is 6.16. The van der Waals surface area contributed by atoms with Crippen molar-refractivity contribution in [2.45, 2.75) is 40.5 Å². The summed E-state index contributed by atoms with van der Waals surface area (Å²) in [6, 6.07) is 3.99. The van der Waals surface area contributed by atoms with E-state index in [4.69, 9.17) is 22.1 Å². The molecular weight excluding hydrogens is 354 g/mol. The van der Waals surface area contributed by atoms with Gasteiger partial charge in [-0.1, -0.05) is 27.5 Å². The summed E-state index contributed by atoms with van der Waals surface area (Å²) in [6.07, 6.45) is 0. The van der Waals surface area contributed by atoms with E-state index in [0.717, 1.165) is 39.3 Å². The van der Waals surface area contributed by atoms with Crippen molar-refractivity contribution in [3.8, 4) is 5.75 Å². The zero-order chi connectivity index (χ0) is 15.6. The minimum Gasteiger partial charge on any atom is -0.487 e. The normalized spacial score (nSPS) is 11.0. The van der Waals surface area contributed by atoms with Gasteiger partial charge in [-0.3, -0.25) is 4.68 Å². The van der Waals surface area contributed by atoms with Gasteiger partial charge in [0, 0.05) is 23.1 Å². The van der Waals surface area contributed by atoms with E-state index >= 15 is 0 Å². The predicted molar refractivity (Wildman–Crippen MR) is 88.8 cm³/mol. The van der Waals surface area contributed by atoms with Crippen LogP contribution in [-0.4, -0.2) is 9.78 Å². The first-order chi connectivity index (χ1) is 9.97. The van der Waals surface area contributed by atoms with E-state index in [-0.39, 0.29) is 0 Å². The lowest BCUT2D eigenvalue weighted by Crippen LogP contribution is -2.09. The van der Waals surface area contributed by atoms with Crippen LogP contribution in [0.1, 0.15) is 29.4 Å². The van der Waals surface area contributed by atoms with E-state index in [9.17, 15) is 0 Å². The summed E-state index contributed by atoms with van der Waals surface area (Å²) in [6.45, 7) is 7.49. The predicted octanol–water partition coefficient (Wildman–Crippen LogP) is 3.97. The number of halogens is 2. The van der Waals surface area contributed by atoms with Gasteiger partial charge < -0.3 is 10.5 Å². The third-order valence-electron chi connectivity index (χ3n) is 3.34. The summed E-state index contributed by atoms with van der Waals surface area (Å²) >= 11 is 9.78. The van der Waals surface area contributed by atoms with E-state index in [1.165, 1.54) is 0 Å². The van der Waals surface area contributed by atoms with Gasteiger partial charge in [0.25, 0.3) is 0 Å². The highest BCUT2D eigenvalue weighted by Gasteiger charge is 2.15. The molecule has 0 aliphatic carbocycles. The van der Waals surface area contributed by atoms with Crippen LogP contribution in [0, 0.1) is 13.8 Å². The molecule has 114 valence electrons. The highest BCUT2D eigenvalue weighted by atomic mass is 79.9. The smallest absolute Gasteiger partial charge is 0.131 e. The van der Waals surface area contributed by atoms with Crippen molar-refractivity contribution < 1.29 is 4.74 Å². The molecule has 0 unspecified atom stereocenters. The number of nitrogens with zero attached hydrogens (tertiary/aromatic N) is 2. The van der Waals surface area contributed by atoms with Crippen LogP contribution in [0.15, 0.2) is 16.6 Å². The fourth-order valence-electron chi connectivity index (χ4n) is 2.30. The topological polar surface area (TPSA) is 53.1 Å². The maximum atomic E-state index is 6.30. The Labute approximate surface area is 138 Å². The van der Waals surface area contributed by atoms with Crippen LogP contribution in [0.25, 0.3) is 0 Å². The van der Waals surface area contributed by atoms with E-state index in [1.807, 2.05) is 37.6 Å². The van der Waals surface area contributed by atoms with Gasteiger partial charge in [0.2, 0.25) is 0 Å². The van der Waals surface area contributed by atoms with Crippen molar-refractivity contribution in [1.82, 2.24) is 9.78 Å². The molecule has 6 heteroatoms. The first kappa shape index (κ1) is 16.3. The molecule has 2 N–H and O–H groups in total. The number of rotatable bonds is 5. The Balaban J connectivity index is 2.29. The van der Waals surface area contributed by atoms with Crippen LogP contribution in [0.3, 0.4) is 0 Å². The van der Waals surface area contributed by atoms with Crippen molar-refractivity contribution in [3.63, 3.8) is 0 Å². The van der Waals surface area contributed by atoms with Crippen LogP contribution in [-0.2, 0) is 19.7 Å². The molecule has 0 fully saturated rings. The molecule has 2 aromatic rings. The summed E-state index contributed by atoms with van der Waals surface area (Å²) in [5.74, 6) is 0.818. The lowest BCUT2D eigenvalue weighted by Gasteiger charge is -2.14. The molecule has 1 aromatic heterocycles. The van der Waals surface area contributed by atoms with Crippen molar-refractivity contribution in [2.75, 3.05) is 0 Å². The molecule has 1 aromatic carbocycles. The molecule has 0 saturated carbocycles. The zero-order valence-electron chi connectivity index (χ0n) is 12.4. The Morgan fingerprint density at radius 2 is 2.10 bits per heavy atom. The molecule has 0 atom stereocenters. The molecule has 0 radical (unpaired) electrons. The summed E-state index contributed by atoms with van der Waals surface area (Å²) in [5, 5.41) is 5.06. The molecular formula is C15H19BrClN3O. The SMILES string of the molecule is CCn1nc(C)c(Cl)c1COc1c(C)cc(Br)cc1CN. The van der Waals surface area contributed by atoms with Crippen LogP contribution < -0.4 is 10.5 Å². The van der Waals surface area contributed by atoms with Crippen LogP contribution in [0.2, 0.25) is 5.02 Å². The molecule has 21 heavy (non-hydrogen) atoms. The highest BCUT2D eigenvalue weighted by molar-refractivity contribution is 9.10. The van der Waals surface area contributed by atoms with Gasteiger partial charge in [0.05, 0.1) is 16.4 Å². The molecule has 0 bridgehead atoms.